The van der Waals surface area contributed by atoms with Crippen molar-refractivity contribution in [2.24, 2.45) is 5.73 Å². The lowest BCUT2D eigenvalue weighted by atomic mass is 10.2. The van der Waals surface area contributed by atoms with Gasteiger partial charge in [0.2, 0.25) is 0 Å². The van der Waals surface area contributed by atoms with E-state index >= 15 is 0 Å². The third-order valence-electron chi connectivity index (χ3n) is 2.29. The van der Waals surface area contributed by atoms with Crippen LogP contribution in [0.4, 0.5) is 0 Å². The Bertz CT molecular complexity index is 127. The first-order valence-corrected chi connectivity index (χ1v) is 7.42. The van der Waals surface area contributed by atoms with Gasteiger partial charge in [0.05, 0.1) is 0 Å². The number of rotatable bonds is 5. The van der Waals surface area contributed by atoms with Crippen LogP contribution >= 0.6 is 23.5 Å². The lowest BCUT2D eigenvalue weighted by molar-refractivity contribution is 0.280. The van der Waals surface area contributed by atoms with Crippen molar-refractivity contribution < 1.29 is 0 Å². The molecule has 13 heavy (non-hydrogen) atoms. The fraction of sp³-hybridized carbons (Fsp3) is 1.00. The zero-order valence-electron chi connectivity index (χ0n) is 8.37. The second kappa shape index (κ2) is 6.98. The summed E-state index contributed by atoms with van der Waals surface area (Å²) < 4.78 is 0. The summed E-state index contributed by atoms with van der Waals surface area (Å²) in [7, 11) is 0. The lowest BCUT2D eigenvalue weighted by Gasteiger charge is -2.28. The summed E-state index contributed by atoms with van der Waals surface area (Å²) in [5.74, 6) is 3.77. The maximum absolute atomic E-state index is 6.03. The van der Waals surface area contributed by atoms with E-state index in [0.717, 1.165) is 13.0 Å². The molecule has 0 aromatic heterocycles. The first-order valence-electron chi connectivity index (χ1n) is 4.87. The Morgan fingerprint density at radius 2 is 2.15 bits per heavy atom. The molecule has 2 nitrogen and oxygen atoms in total. The SMILES string of the molecule is CSCC[C@@H](N)CN1CCSCC1. The van der Waals surface area contributed by atoms with E-state index in [0.29, 0.717) is 6.04 Å². The molecule has 1 aliphatic heterocycles. The van der Waals surface area contributed by atoms with E-state index in [1.807, 2.05) is 11.8 Å². The van der Waals surface area contributed by atoms with Crippen molar-refractivity contribution in [1.82, 2.24) is 4.90 Å². The number of nitrogens with two attached hydrogens (primary N) is 1. The molecular weight excluding hydrogens is 200 g/mol. The Morgan fingerprint density at radius 1 is 1.46 bits per heavy atom. The summed E-state index contributed by atoms with van der Waals surface area (Å²) in [6, 6.07) is 0.385. The Morgan fingerprint density at radius 3 is 2.77 bits per heavy atom. The van der Waals surface area contributed by atoms with Crippen molar-refractivity contribution >= 4 is 23.5 Å². The highest BCUT2D eigenvalue weighted by atomic mass is 32.2. The van der Waals surface area contributed by atoms with Crippen molar-refractivity contribution in [2.75, 3.05) is 43.1 Å². The Labute approximate surface area is 90.0 Å². The van der Waals surface area contributed by atoms with Crippen LogP contribution in [0.3, 0.4) is 0 Å². The van der Waals surface area contributed by atoms with Crippen LogP contribution in [0.5, 0.6) is 0 Å². The van der Waals surface area contributed by atoms with E-state index in [1.165, 1.54) is 30.3 Å². The monoisotopic (exact) mass is 220 g/mol. The van der Waals surface area contributed by atoms with Crippen LogP contribution < -0.4 is 5.73 Å². The molecule has 0 spiro atoms. The van der Waals surface area contributed by atoms with Gasteiger partial charge in [0, 0.05) is 37.2 Å². The fourth-order valence-corrected chi connectivity index (χ4v) is 2.99. The molecule has 2 N–H and O–H groups in total. The van der Waals surface area contributed by atoms with Crippen molar-refractivity contribution in [3.8, 4) is 0 Å². The standard InChI is InChI=1S/C9H20N2S2/c1-12-5-2-9(10)8-11-3-6-13-7-4-11/h9H,2-8,10H2,1H3/t9-/m1/s1. The predicted octanol–water partition coefficient (Wildman–Crippen LogP) is 1.12. The van der Waals surface area contributed by atoms with E-state index in [4.69, 9.17) is 5.73 Å². The van der Waals surface area contributed by atoms with Gasteiger partial charge in [-0.1, -0.05) is 0 Å². The van der Waals surface area contributed by atoms with Gasteiger partial charge in [0.15, 0.2) is 0 Å². The summed E-state index contributed by atoms with van der Waals surface area (Å²) in [5, 5.41) is 0. The molecule has 0 bridgehead atoms. The molecule has 1 rings (SSSR count). The zero-order valence-corrected chi connectivity index (χ0v) is 10.0. The average Bonchev–Trinajstić information content (AvgIpc) is 2.16. The van der Waals surface area contributed by atoms with Gasteiger partial charge in [-0.05, 0) is 18.4 Å². The van der Waals surface area contributed by atoms with Crippen LogP contribution in [0.25, 0.3) is 0 Å². The van der Waals surface area contributed by atoms with E-state index < -0.39 is 0 Å². The second-order valence-corrected chi connectivity index (χ2v) is 5.66. The van der Waals surface area contributed by atoms with Crippen LogP contribution in [-0.2, 0) is 0 Å². The molecule has 0 saturated carbocycles. The smallest absolute Gasteiger partial charge is 0.0175 e. The number of thioether (sulfide) groups is 2. The highest BCUT2D eigenvalue weighted by Gasteiger charge is 2.13. The second-order valence-electron chi connectivity index (χ2n) is 3.45. The maximum Gasteiger partial charge on any atom is 0.0175 e. The highest BCUT2D eigenvalue weighted by Crippen LogP contribution is 2.10. The zero-order chi connectivity index (χ0) is 9.52. The van der Waals surface area contributed by atoms with Crippen LogP contribution in [0, 0.1) is 0 Å². The summed E-state index contributed by atoms with van der Waals surface area (Å²) in [6.45, 7) is 3.57. The van der Waals surface area contributed by atoms with E-state index in [-0.39, 0.29) is 0 Å². The molecule has 1 heterocycles. The van der Waals surface area contributed by atoms with Gasteiger partial charge in [-0.2, -0.15) is 23.5 Å². The van der Waals surface area contributed by atoms with Gasteiger partial charge < -0.3 is 10.6 Å². The fourth-order valence-electron chi connectivity index (χ4n) is 1.48. The maximum atomic E-state index is 6.03. The van der Waals surface area contributed by atoms with Crippen molar-refractivity contribution in [3.63, 3.8) is 0 Å². The molecule has 0 radical (unpaired) electrons. The highest BCUT2D eigenvalue weighted by molar-refractivity contribution is 7.99. The minimum absolute atomic E-state index is 0.385. The summed E-state index contributed by atoms with van der Waals surface area (Å²) in [4.78, 5) is 2.50. The average molecular weight is 220 g/mol. The third-order valence-corrected chi connectivity index (χ3v) is 3.88. The molecule has 0 unspecified atom stereocenters. The van der Waals surface area contributed by atoms with Gasteiger partial charge in [-0.15, -0.1) is 0 Å². The van der Waals surface area contributed by atoms with E-state index in [2.05, 4.69) is 22.9 Å². The van der Waals surface area contributed by atoms with Gasteiger partial charge >= 0.3 is 0 Å². The number of hydrogen-bond acceptors (Lipinski definition) is 4. The van der Waals surface area contributed by atoms with Crippen LogP contribution in [-0.4, -0.2) is 54.1 Å². The molecule has 1 fully saturated rings. The molecule has 1 atom stereocenters. The molecule has 1 aliphatic rings. The predicted molar refractivity (Wildman–Crippen MR) is 64.7 cm³/mol. The molecule has 78 valence electrons. The number of nitrogens with zero attached hydrogens (tertiary/aromatic N) is 1. The Balaban J connectivity index is 2.07. The first kappa shape index (κ1) is 11.7. The van der Waals surface area contributed by atoms with Crippen molar-refractivity contribution in [1.29, 1.82) is 0 Å². The summed E-state index contributed by atoms with van der Waals surface area (Å²) in [5.41, 5.74) is 6.03. The van der Waals surface area contributed by atoms with Crippen molar-refractivity contribution in [3.05, 3.63) is 0 Å². The third kappa shape index (κ3) is 5.15. The van der Waals surface area contributed by atoms with E-state index in [9.17, 15) is 0 Å². The molecule has 0 aliphatic carbocycles. The van der Waals surface area contributed by atoms with Crippen LogP contribution in [0.2, 0.25) is 0 Å². The minimum Gasteiger partial charge on any atom is -0.327 e. The lowest BCUT2D eigenvalue weighted by Crippen LogP contribution is -2.42. The van der Waals surface area contributed by atoms with Crippen molar-refractivity contribution in [2.45, 2.75) is 12.5 Å². The molecule has 0 amide bonds. The molecule has 0 aromatic carbocycles. The van der Waals surface area contributed by atoms with Gasteiger partial charge in [0.1, 0.15) is 0 Å². The van der Waals surface area contributed by atoms with Gasteiger partial charge in [-0.25, -0.2) is 0 Å². The van der Waals surface area contributed by atoms with Gasteiger partial charge in [-0.3, -0.25) is 0 Å². The van der Waals surface area contributed by atoms with Gasteiger partial charge in [0.25, 0.3) is 0 Å². The quantitative estimate of drug-likeness (QED) is 0.752. The van der Waals surface area contributed by atoms with E-state index in [1.54, 1.807) is 0 Å². The summed E-state index contributed by atoms with van der Waals surface area (Å²) in [6.07, 6.45) is 3.30. The number of hydrogen-bond donors (Lipinski definition) is 1. The molecule has 0 aromatic rings. The van der Waals surface area contributed by atoms with Crippen LogP contribution in [0.15, 0.2) is 0 Å². The topological polar surface area (TPSA) is 29.3 Å². The normalized spacial score (nSPS) is 21.7. The first-order chi connectivity index (χ1) is 6.33. The Kier molecular flexibility index (Phi) is 6.28. The Hall–Kier alpha value is 0.620. The largest absolute Gasteiger partial charge is 0.327 e. The molecule has 4 heteroatoms. The summed E-state index contributed by atoms with van der Waals surface area (Å²) >= 11 is 3.95. The van der Waals surface area contributed by atoms with Crippen LogP contribution in [0.1, 0.15) is 6.42 Å². The minimum atomic E-state index is 0.385. The molecule has 1 saturated heterocycles. The molecular formula is C9H20N2S2.